The standard InChI is InChI=1S/C21H23FN6O2S/c1-14-20(31-26-24-14)21(30)23-12-17-7-2-3-10-27(17)18-8-9-19(29)28(25-18)13-15-5-4-6-16(22)11-15/h4-6,8-9,11,17H,2-3,7,10,12-13H2,1H3,(H,23,30). The second kappa shape index (κ2) is 9.34. The number of carbonyl (C=O) groups excluding carboxylic acids is 1. The molecular formula is C21H23FN6O2S. The van der Waals surface area contributed by atoms with Crippen LogP contribution >= 0.6 is 11.5 Å². The van der Waals surface area contributed by atoms with Crippen molar-refractivity contribution in [2.24, 2.45) is 0 Å². The van der Waals surface area contributed by atoms with E-state index < -0.39 is 0 Å². The highest BCUT2D eigenvalue weighted by Crippen LogP contribution is 2.22. The lowest BCUT2D eigenvalue weighted by molar-refractivity contribution is 0.0953. The van der Waals surface area contributed by atoms with E-state index in [1.165, 1.54) is 22.9 Å². The zero-order chi connectivity index (χ0) is 21.8. The van der Waals surface area contributed by atoms with Gasteiger partial charge >= 0.3 is 0 Å². The number of aryl methyl sites for hydroxylation is 1. The number of halogens is 1. The molecule has 0 radical (unpaired) electrons. The third kappa shape index (κ3) is 4.96. The van der Waals surface area contributed by atoms with E-state index in [0.29, 0.717) is 28.5 Å². The van der Waals surface area contributed by atoms with E-state index in [9.17, 15) is 14.0 Å². The highest BCUT2D eigenvalue weighted by molar-refractivity contribution is 7.08. The van der Waals surface area contributed by atoms with Gasteiger partial charge in [0.05, 0.1) is 12.2 Å². The predicted molar refractivity (Wildman–Crippen MR) is 116 cm³/mol. The van der Waals surface area contributed by atoms with Crippen molar-refractivity contribution in [1.29, 1.82) is 0 Å². The van der Waals surface area contributed by atoms with Crippen molar-refractivity contribution < 1.29 is 9.18 Å². The van der Waals surface area contributed by atoms with Crippen LogP contribution in [0.5, 0.6) is 0 Å². The van der Waals surface area contributed by atoms with Crippen LogP contribution in [0.25, 0.3) is 0 Å². The van der Waals surface area contributed by atoms with Gasteiger partial charge in [0.25, 0.3) is 11.5 Å². The highest BCUT2D eigenvalue weighted by Gasteiger charge is 2.25. The second-order valence-electron chi connectivity index (χ2n) is 7.56. The number of rotatable bonds is 6. The molecule has 8 nitrogen and oxygen atoms in total. The molecule has 2 aromatic heterocycles. The van der Waals surface area contributed by atoms with E-state index in [1.807, 2.05) is 0 Å². The molecule has 1 aliphatic heterocycles. The summed E-state index contributed by atoms with van der Waals surface area (Å²) in [6.45, 7) is 3.20. The lowest BCUT2D eigenvalue weighted by Crippen LogP contribution is -2.47. The largest absolute Gasteiger partial charge is 0.350 e. The van der Waals surface area contributed by atoms with Crippen molar-refractivity contribution >= 4 is 23.3 Å². The molecular weight excluding hydrogens is 419 g/mol. The van der Waals surface area contributed by atoms with Crippen LogP contribution in [0, 0.1) is 12.7 Å². The fourth-order valence-electron chi connectivity index (χ4n) is 3.76. The van der Waals surface area contributed by atoms with E-state index in [0.717, 1.165) is 37.3 Å². The fraction of sp³-hybridized carbons (Fsp3) is 0.381. The summed E-state index contributed by atoms with van der Waals surface area (Å²) in [6, 6.07) is 9.40. The van der Waals surface area contributed by atoms with Gasteiger partial charge in [0.15, 0.2) is 0 Å². The second-order valence-corrected chi connectivity index (χ2v) is 8.31. The van der Waals surface area contributed by atoms with Gasteiger partial charge in [0, 0.05) is 25.2 Å². The van der Waals surface area contributed by atoms with Crippen molar-refractivity contribution in [1.82, 2.24) is 24.7 Å². The molecule has 1 amide bonds. The summed E-state index contributed by atoms with van der Waals surface area (Å²) in [7, 11) is 0. The maximum absolute atomic E-state index is 13.5. The molecule has 3 heterocycles. The van der Waals surface area contributed by atoms with Gasteiger partial charge in [-0.15, -0.1) is 5.10 Å². The molecule has 1 aliphatic rings. The molecule has 10 heteroatoms. The monoisotopic (exact) mass is 442 g/mol. The maximum Gasteiger partial charge on any atom is 0.267 e. The molecule has 0 saturated carbocycles. The molecule has 31 heavy (non-hydrogen) atoms. The number of hydrogen-bond donors (Lipinski definition) is 1. The van der Waals surface area contributed by atoms with Crippen molar-refractivity contribution in [3.8, 4) is 0 Å². The first-order valence-corrected chi connectivity index (χ1v) is 10.9. The van der Waals surface area contributed by atoms with Crippen molar-refractivity contribution in [2.45, 2.75) is 38.8 Å². The Morgan fingerprint density at radius 1 is 1.29 bits per heavy atom. The van der Waals surface area contributed by atoms with Gasteiger partial charge in [0.1, 0.15) is 16.5 Å². The Hall–Kier alpha value is -3.14. The average Bonchev–Trinajstić information content (AvgIpc) is 3.20. The van der Waals surface area contributed by atoms with Gasteiger partial charge in [0.2, 0.25) is 0 Å². The zero-order valence-electron chi connectivity index (χ0n) is 17.1. The molecule has 1 fully saturated rings. The molecule has 1 unspecified atom stereocenters. The summed E-state index contributed by atoms with van der Waals surface area (Å²) in [5.41, 5.74) is 1.04. The normalized spacial score (nSPS) is 16.3. The van der Waals surface area contributed by atoms with E-state index in [4.69, 9.17) is 0 Å². The summed E-state index contributed by atoms with van der Waals surface area (Å²) in [4.78, 5) is 27.4. The lowest BCUT2D eigenvalue weighted by atomic mass is 10.0. The minimum atomic E-state index is -0.347. The Kier molecular flexibility index (Phi) is 6.36. The van der Waals surface area contributed by atoms with Gasteiger partial charge in [-0.25, -0.2) is 9.07 Å². The van der Waals surface area contributed by atoms with E-state index >= 15 is 0 Å². The summed E-state index contributed by atoms with van der Waals surface area (Å²) in [6.07, 6.45) is 2.97. The van der Waals surface area contributed by atoms with Crippen LogP contribution in [0.4, 0.5) is 10.2 Å². The van der Waals surface area contributed by atoms with E-state index in [2.05, 4.69) is 24.9 Å². The van der Waals surface area contributed by atoms with Gasteiger partial charge < -0.3 is 10.2 Å². The molecule has 1 aromatic carbocycles. The summed E-state index contributed by atoms with van der Waals surface area (Å²) < 4.78 is 18.7. The quantitative estimate of drug-likeness (QED) is 0.630. The maximum atomic E-state index is 13.5. The summed E-state index contributed by atoms with van der Waals surface area (Å²) in [5.74, 6) is 0.146. The van der Waals surface area contributed by atoms with Gasteiger partial charge in [-0.05, 0) is 61.5 Å². The Bertz CT molecular complexity index is 1130. The average molecular weight is 443 g/mol. The molecule has 4 rings (SSSR count). The third-order valence-electron chi connectivity index (χ3n) is 5.35. The van der Waals surface area contributed by atoms with E-state index in [-0.39, 0.29) is 29.9 Å². The van der Waals surface area contributed by atoms with Crippen LogP contribution in [0.3, 0.4) is 0 Å². The van der Waals surface area contributed by atoms with Crippen molar-refractivity contribution in [3.05, 3.63) is 68.7 Å². The molecule has 0 aliphatic carbocycles. The molecule has 1 atom stereocenters. The number of amides is 1. The highest BCUT2D eigenvalue weighted by atomic mass is 32.1. The number of anilines is 1. The Morgan fingerprint density at radius 2 is 2.16 bits per heavy atom. The van der Waals surface area contributed by atoms with E-state index in [1.54, 1.807) is 25.1 Å². The zero-order valence-corrected chi connectivity index (χ0v) is 17.9. The smallest absolute Gasteiger partial charge is 0.267 e. The number of hydrogen-bond acceptors (Lipinski definition) is 7. The molecule has 0 bridgehead atoms. The first-order valence-electron chi connectivity index (χ1n) is 10.2. The van der Waals surface area contributed by atoms with Crippen LogP contribution in [-0.4, -0.2) is 44.4 Å². The SMILES string of the molecule is Cc1nnsc1C(=O)NCC1CCCCN1c1ccc(=O)n(Cc2cccc(F)c2)n1. The lowest BCUT2D eigenvalue weighted by Gasteiger charge is -2.36. The number of benzene rings is 1. The molecule has 1 N–H and O–H groups in total. The van der Waals surface area contributed by atoms with Gasteiger partial charge in [-0.3, -0.25) is 9.59 Å². The Balaban J connectivity index is 1.50. The van der Waals surface area contributed by atoms with Crippen molar-refractivity contribution in [3.63, 3.8) is 0 Å². The summed E-state index contributed by atoms with van der Waals surface area (Å²) >= 11 is 1.08. The number of nitrogens with zero attached hydrogens (tertiary/aromatic N) is 5. The van der Waals surface area contributed by atoms with Crippen LogP contribution in [0.15, 0.2) is 41.2 Å². The summed E-state index contributed by atoms with van der Waals surface area (Å²) in [5, 5.41) is 11.4. The van der Waals surface area contributed by atoms with Gasteiger partial charge in [-0.1, -0.05) is 16.6 Å². The topological polar surface area (TPSA) is 93.0 Å². The van der Waals surface area contributed by atoms with Crippen LogP contribution in [0.1, 0.15) is 40.2 Å². The van der Waals surface area contributed by atoms with Crippen LogP contribution in [-0.2, 0) is 6.54 Å². The number of carbonyl (C=O) groups is 1. The first kappa shape index (κ1) is 21.1. The predicted octanol–water partition coefficient (Wildman–Crippen LogP) is 2.38. The van der Waals surface area contributed by atoms with Crippen LogP contribution < -0.4 is 15.8 Å². The number of nitrogens with one attached hydrogen (secondary N) is 1. The molecule has 3 aromatic rings. The number of aromatic nitrogens is 4. The molecule has 0 spiro atoms. The van der Waals surface area contributed by atoms with Crippen molar-refractivity contribution in [2.75, 3.05) is 18.0 Å². The molecule has 1 saturated heterocycles. The van der Waals surface area contributed by atoms with Crippen LogP contribution in [0.2, 0.25) is 0 Å². The first-order chi connectivity index (χ1) is 15.0. The minimum Gasteiger partial charge on any atom is -0.350 e. The fourth-order valence-corrected chi connectivity index (χ4v) is 4.33. The molecule has 162 valence electrons. The third-order valence-corrected chi connectivity index (χ3v) is 6.18. The Morgan fingerprint density at radius 3 is 2.94 bits per heavy atom. The minimum absolute atomic E-state index is 0.0616. The Labute approximate surface area is 182 Å². The number of piperidine rings is 1. The van der Waals surface area contributed by atoms with Gasteiger partial charge in [-0.2, -0.15) is 5.10 Å².